The molecule has 0 radical (unpaired) electrons. The molecule has 1 atom stereocenters. The van der Waals surface area contributed by atoms with Crippen molar-refractivity contribution < 1.29 is 14.6 Å². The number of rotatable bonds is 2. The summed E-state index contributed by atoms with van der Waals surface area (Å²) in [7, 11) is 0. The van der Waals surface area contributed by atoms with Crippen LogP contribution in [0.2, 0.25) is 0 Å². The van der Waals surface area contributed by atoms with Gasteiger partial charge < -0.3 is 9.84 Å². The fourth-order valence-electron chi connectivity index (χ4n) is 2.63. The van der Waals surface area contributed by atoms with Crippen molar-refractivity contribution in [1.29, 1.82) is 0 Å². The van der Waals surface area contributed by atoms with Crippen LogP contribution in [0.4, 0.5) is 0 Å². The van der Waals surface area contributed by atoms with Crippen LogP contribution in [0.15, 0.2) is 22.7 Å². The Morgan fingerprint density at radius 1 is 1.45 bits per heavy atom. The number of aromatic nitrogens is 1. The Morgan fingerprint density at radius 2 is 2.25 bits per heavy atom. The zero-order valence-electron chi connectivity index (χ0n) is 11.0. The molecule has 0 saturated carbocycles. The number of carboxylic acid groups (broad SMARTS) is 1. The predicted molar refractivity (Wildman–Crippen MR) is 79.3 cm³/mol. The smallest absolute Gasteiger partial charge is 0.336 e. The first-order valence-electron chi connectivity index (χ1n) is 6.48. The van der Waals surface area contributed by atoms with E-state index in [0.29, 0.717) is 24.2 Å². The van der Waals surface area contributed by atoms with Crippen LogP contribution in [0.3, 0.4) is 0 Å². The second-order valence-electron chi connectivity index (χ2n) is 5.08. The van der Waals surface area contributed by atoms with Gasteiger partial charge in [0.05, 0.1) is 17.7 Å². The van der Waals surface area contributed by atoms with Crippen molar-refractivity contribution in [2.75, 3.05) is 13.2 Å². The van der Waals surface area contributed by atoms with E-state index in [1.54, 1.807) is 6.07 Å². The van der Waals surface area contributed by atoms with E-state index in [0.717, 1.165) is 27.7 Å². The average Bonchev–Trinajstić information content (AvgIpc) is 2.91. The van der Waals surface area contributed by atoms with Gasteiger partial charge in [0.25, 0.3) is 0 Å². The molecule has 20 heavy (non-hydrogen) atoms. The zero-order chi connectivity index (χ0) is 14.3. The van der Waals surface area contributed by atoms with Gasteiger partial charge in [0, 0.05) is 28.1 Å². The lowest BCUT2D eigenvalue weighted by molar-refractivity contribution is 0.0698. The van der Waals surface area contributed by atoms with Gasteiger partial charge in [0.2, 0.25) is 0 Å². The number of halogens is 1. The van der Waals surface area contributed by atoms with Crippen LogP contribution in [0.1, 0.15) is 34.0 Å². The number of carboxylic acids is 1. The number of aryl methyl sites for hydroxylation is 1. The Labute approximate surface area is 124 Å². The van der Waals surface area contributed by atoms with Gasteiger partial charge >= 0.3 is 5.97 Å². The van der Waals surface area contributed by atoms with Gasteiger partial charge in [-0.25, -0.2) is 4.79 Å². The first-order chi connectivity index (χ1) is 9.56. The van der Waals surface area contributed by atoms with Crippen LogP contribution in [-0.4, -0.2) is 29.3 Å². The highest BCUT2D eigenvalue weighted by molar-refractivity contribution is 9.10. The summed E-state index contributed by atoms with van der Waals surface area (Å²) in [6, 6.07) is 5.46. The van der Waals surface area contributed by atoms with E-state index in [1.807, 2.05) is 19.1 Å². The minimum Gasteiger partial charge on any atom is -0.478 e. The predicted octanol–water partition coefficient (Wildman–Crippen LogP) is 3.51. The molecular formula is C15H14BrNO3. The standard InChI is InChI=1S/C15H14BrNO3/c1-8-4-10(16)5-11-12(15(18)19)6-13(17-14(8)11)9-2-3-20-7-9/h4-6,9H,2-3,7H2,1H3,(H,18,19). The topological polar surface area (TPSA) is 59.4 Å². The SMILES string of the molecule is Cc1cc(Br)cc2c(C(=O)O)cc(C3CCOC3)nc12. The summed E-state index contributed by atoms with van der Waals surface area (Å²) < 4.78 is 6.24. The van der Waals surface area contributed by atoms with Gasteiger partial charge in [-0.1, -0.05) is 15.9 Å². The van der Waals surface area contributed by atoms with Crippen LogP contribution in [0.5, 0.6) is 0 Å². The minimum absolute atomic E-state index is 0.195. The normalized spacial score (nSPS) is 18.6. The second kappa shape index (κ2) is 5.14. The third kappa shape index (κ3) is 2.31. The Bertz CT molecular complexity index is 693. The molecule has 0 aliphatic carbocycles. The number of pyridine rings is 1. The molecule has 4 nitrogen and oxygen atoms in total. The van der Waals surface area contributed by atoms with E-state index < -0.39 is 5.97 Å². The largest absolute Gasteiger partial charge is 0.478 e. The fourth-order valence-corrected chi connectivity index (χ4v) is 3.20. The number of hydrogen-bond donors (Lipinski definition) is 1. The van der Waals surface area contributed by atoms with Gasteiger partial charge in [-0.15, -0.1) is 0 Å². The van der Waals surface area contributed by atoms with Crippen molar-refractivity contribution >= 4 is 32.8 Å². The highest BCUT2D eigenvalue weighted by atomic mass is 79.9. The molecule has 1 aliphatic heterocycles. The molecule has 3 rings (SSSR count). The second-order valence-corrected chi connectivity index (χ2v) is 5.99. The number of benzene rings is 1. The maximum absolute atomic E-state index is 11.5. The lowest BCUT2D eigenvalue weighted by Crippen LogP contribution is -2.07. The Balaban J connectivity index is 2.27. The van der Waals surface area contributed by atoms with Gasteiger partial charge in [-0.3, -0.25) is 4.98 Å². The first kappa shape index (κ1) is 13.5. The van der Waals surface area contributed by atoms with E-state index in [4.69, 9.17) is 4.74 Å². The number of ether oxygens (including phenoxy) is 1. The number of fused-ring (bicyclic) bond motifs is 1. The molecular weight excluding hydrogens is 322 g/mol. The van der Waals surface area contributed by atoms with Crippen LogP contribution in [0.25, 0.3) is 10.9 Å². The molecule has 0 amide bonds. The maximum Gasteiger partial charge on any atom is 0.336 e. The molecule has 1 aliphatic rings. The fraction of sp³-hybridized carbons (Fsp3) is 0.333. The molecule has 1 N–H and O–H groups in total. The van der Waals surface area contributed by atoms with E-state index >= 15 is 0 Å². The summed E-state index contributed by atoms with van der Waals surface area (Å²) in [4.78, 5) is 16.2. The van der Waals surface area contributed by atoms with Crippen molar-refractivity contribution in [3.63, 3.8) is 0 Å². The molecule has 5 heteroatoms. The van der Waals surface area contributed by atoms with E-state index in [9.17, 15) is 9.90 Å². The molecule has 1 aromatic heterocycles. The molecule has 1 fully saturated rings. The summed E-state index contributed by atoms with van der Waals surface area (Å²) >= 11 is 3.41. The van der Waals surface area contributed by atoms with E-state index in [-0.39, 0.29) is 5.92 Å². The van der Waals surface area contributed by atoms with Crippen molar-refractivity contribution in [3.8, 4) is 0 Å². The van der Waals surface area contributed by atoms with E-state index in [2.05, 4.69) is 20.9 Å². The summed E-state index contributed by atoms with van der Waals surface area (Å²) in [5.74, 6) is -0.726. The lowest BCUT2D eigenvalue weighted by Gasteiger charge is -2.12. The molecule has 2 heterocycles. The van der Waals surface area contributed by atoms with Gasteiger partial charge in [0.15, 0.2) is 0 Å². The Kier molecular flexibility index (Phi) is 3.48. The lowest BCUT2D eigenvalue weighted by atomic mass is 9.98. The number of nitrogens with zero attached hydrogens (tertiary/aromatic N) is 1. The van der Waals surface area contributed by atoms with Crippen molar-refractivity contribution in [2.24, 2.45) is 0 Å². The molecule has 1 saturated heterocycles. The van der Waals surface area contributed by atoms with Crippen LogP contribution < -0.4 is 0 Å². The van der Waals surface area contributed by atoms with Crippen molar-refractivity contribution in [3.05, 3.63) is 39.5 Å². The van der Waals surface area contributed by atoms with E-state index in [1.165, 1.54) is 0 Å². The monoisotopic (exact) mass is 335 g/mol. The minimum atomic E-state index is -0.921. The summed E-state index contributed by atoms with van der Waals surface area (Å²) in [5, 5.41) is 10.1. The molecule has 1 unspecified atom stereocenters. The van der Waals surface area contributed by atoms with Crippen molar-refractivity contribution in [1.82, 2.24) is 4.98 Å². The maximum atomic E-state index is 11.5. The van der Waals surface area contributed by atoms with Gasteiger partial charge in [-0.2, -0.15) is 0 Å². The van der Waals surface area contributed by atoms with Gasteiger partial charge in [-0.05, 0) is 37.1 Å². The zero-order valence-corrected chi connectivity index (χ0v) is 12.6. The molecule has 0 bridgehead atoms. The van der Waals surface area contributed by atoms with Crippen LogP contribution in [-0.2, 0) is 4.74 Å². The first-order valence-corrected chi connectivity index (χ1v) is 7.27. The quantitative estimate of drug-likeness (QED) is 0.912. The number of carbonyl (C=O) groups is 1. The number of hydrogen-bond acceptors (Lipinski definition) is 3. The molecule has 104 valence electrons. The molecule has 2 aromatic rings. The molecule has 1 aromatic carbocycles. The average molecular weight is 336 g/mol. The summed E-state index contributed by atoms with van der Waals surface area (Å²) in [6.45, 7) is 3.28. The van der Waals surface area contributed by atoms with Crippen LogP contribution in [0, 0.1) is 6.92 Å². The summed E-state index contributed by atoms with van der Waals surface area (Å²) in [5.41, 5.74) is 2.85. The summed E-state index contributed by atoms with van der Waals surface area (Å²) in [6.07, 6.45) is 0.896. The Hall–Kier alpha value is -1.46. The molecule has 0 spiro atoms. The van der Waals surface area contributed by atoms with Gasteiger partial charge in [0.1, 0.15) is 0 Å². The van der Waals surface area contributed by atoms with Crippen LogP contribution >= 0.6 is 15.9 Å². The third-order valence-electron chi connectivity index (χ3n) is 3.67. The highest BCUT2D eigenvalue weighted by Crippen LogP contribution is 2.30. The Morgan fingerprint density at radius 3 is 2.90 bits per heavy atom. The third-order valence-corrected chi connectivity index (χ3v) is 4.12. The van der Waals surface area contributed by atoms with Crippen molar-refractivity contribution in [2.45, 2.75) is 19.3 Å². The highest BCUT2D eigenvalue weighted by Gasteiger charge is 2.22. The number of aromatic carboxylic acids is 1.